The van der Waals surface area contributed by atoms with E-state index < -0.39 is 0 Å². The number of thioether (sulfide) groups is 1. The number of carbonyl (C=O) groups is 1. The number of anilines is 1. The van der Waals surface area contributed by atoms with Crippen molar-refractivity contribution in [3.63, 3.8) is 0 Å². The van der Waals surface area contributed by atoms with E-state index in [1.165, 1.54) is 28.7 Å². The largest absolute Gasteiger partial charge is 0.486 e. The highest BCUT2D eigenvalue weighted by atomic mass is 32.2. The maximum absolute atomic E-state index is 12.1. The molecule has 0 unspecified atom stereocenters. The van der Waals surface area contributed by atoms with Crippen molar-refractivity contribution in [3.05, 3.63) is 40.7 Å². The second-order valence-electron chi connectivity index (χ2n) is 7.71. The number of benzene rings is 1. The molecule has 0 aliphatic rings. The molecule has 0 atom stereocenters. The molecular weight excluding hydrogens is 420 g/mol. The molecule has 1 amide bonds. The third kappa shape index (κ3) is 5.79. The topological polar surface area (TPSA) is 94.8 Å². The number of nitrogens with zero attached hydrogens (tertiary/aromatic N) is 5. The van der Waals surface area contributed by atoms with E-state index in [2.05, 4.69) is 58.6 Å². The lowest BCUT2D eigenvalue weighted by molar-refractivity contribution is -0.113. The third-order valence-corrected chi connectivity index (χ3v) is 6.36. The second kappa shape index (κ2) is 9.57. The summed E-state index contributed by atoms with van der Waals surface area (Å²) < 4.78 is 7.68. The molecule has 2 heterocycles. The molecule has 10 heteroatoms. The van der Waals surface area contributed by atoms with Gasteiger partial charge in [0, 0.05) is 7.05 Å². The van der Waals surface area contributed by atoms with Gasteiger partial charge in [-0.25, -0.2) is 0 Å². The van der Waals surface area contributed by atoms with Crippen molar-refractivity contribution in [2.75, 3.05) is 11.1 Å². The Bertz CT molecular complexity index is 992. The molecule has 0 saturated carbocycles. The van der Waals surface area contributed by atoms with E-state index in [0.717, 1.165) is 17.2 Å². The van der Waals surface area contributed by atoms with Crippen LogP contribution in [0.4, 0.5) is 5.13 Å². The molecule has 1 N–H and O–H groups in total. The number of aromatic nitrogens is 5. The zero-order valence-corrected chi connectivity index (χ0v) is 19.4. The van der Waals surface area contributed by atoms with E-state index in [0.29, 0.717) is 22.7 Å². The molecule has 0 bridgehead atoms. The Morgan fingerprint density at radius 3 is 2.53 bits per heavy atom. The smallest absolute Gasteiger partial charge is 0.236 e. The van der Waals surface area contributed by atoms with Crippen molar-refractivity contribution in [1.29, 1.82) is 0 Å². The number of hydrogen-bond acceptors (Lipinski definition) is 8. The predicted octanol–water partition coefficient (Wildman–Crippen LogP) is 3.84. The number of aryl methyl sites for hydroxylation is 1. The second-order valence-corrected chi connectivity index (χ2v) is 9.72. The fraction of sp³-hybridized carbons (Fsp3) is 0.450. The van der Waals surface area contributed by atoms with Gasteiger partial charge in [-0.1, -0.05) is 62.9 Å². The lowest BCUT2D eigenvalue weighted by atomic mass is 9.87. The standard InChI is InChI=1S/C20H26N6O2S2/c1-6-17-23-24-18(30-17)21-16(27)12-29-19-25-22-15(26(19)5)11-28-14-9-7-13(8-10-14)20(2,3)4/h7-10H,6,11-12H2,1-5H3,(H,21,24,27). The van der Waals surface area contributed by atoms with Crippen LogP contribution in [0.5, 0.6) is 5.75 Å². The molecule has 0 fully saturated rings. The fourth-order valence-electron chi connectivity index (χ4n) is 2.53. The number of hydrogen-bond donors (Lipinski definition) is 1. The lowest BCUT2D eigenvalue weighted by Crippen LogP contribution is -2.14. The van der Waals surface area contributed by atoms with Gasteiger partial charge in [-0.05, 0) is 29.5 Å². The molecule has 160 valence electrons. The van der Waals surface area contributed by atoms with Crippen molar-refractivity contribution in [1.82, 2.24) is 25.0 Å². The van der Waals surface area contributed by atoms with E-state index in [1.807, 2.05) is 30.7 Å². The SMILES string of the molecule is CCc1nnc(NC(=O)CSc2nnc(COc3ccc(C(C)(C)C)cc3)n2C)s1. The summed E-state index contributed by atoms with van der Waals surface area (Å²) >= 11 is 2.70. The Kier molecular flexibility index (Phi) is 7.09. The van der Waals surface area contributed by atoms with Crippen LogP contribution in [0.1, 0.15) is 44.1 Å². The summed E-state index contributed by atoms with van der Waals surface area (Å²) in [6.07, 6.45) is 0.798. The van der Waals surface area contributed by atoms with Crippen molar-refractivity contribution in [2.24, 2.45) is 7.05 Å². The molecule has 1 aromatic carbocycles. The summed E-state index contributed by atoms with van der Waals surface area (Å²) in [5, 5.41) is 21.1. The molecule has 2 aromatic heterocycles. The van der Waals surface area contributed by atoms with Crippen LogP contribution in [-0.4, -0.2) is 36.6 Å². The molecule has 0 saturated heterocycles. The molecule has 3 aromatic rings. The summed E-state index contributed by atoms with van der Waals surface area (Å²) in [6.45, 7) is 8.84. The highest BCUT2D eigenvalue weighted by Gasteiger charge is 2.15. The average molecular weight is 447 g/mol. The molecule has 3 rings (SSSR count). The molecule has 0 radical (unpaired) electrons. The highest BCUT2D eigenvalue weighted by Crippen LogP contribution is 2.25. The fourth-order valence-corrected chi connectivity index (χ4v) is 3.95. The normalized spacial score (nSPS) is 11.5. The zero-order chi connectivity index (χ0) is 21.7. The Balaban J connectivity index is 1.51. The molecule has 0 aliphatic carbocycles. The van der Waals surface area contributed by atoms with E-state index in [1.54, 1.807) is 0 Å². The quantitative estimate of drug-likeness (QED) is 0.525. The van der Waals surface area contributed by atoms with E-state index in [4.69, 9.17) is 4.74 Å². The van der Waals surface area contributed by atoms with Crippen LogP contribution in [-0.2, 0) is 30.3 Å². The minimum absolute atomic E-state index is 0.106. The number of rotatable bonds is 8. The van der Waals surface area contributed by atoms with Gasteiger partial charge in [0.25, 0.3) is 0 Å². The lowest BCUT2D eigenvalue weighted by Gasteiger charge is -2.19. The van der Waals surface area contributed by atoms with Gasteiger partial charge in [-0.15, -0.1) is 20.4 Å². The summed E-state index contributed by atoms with van der Waals surface area (Å²) in [4.78, 5) is 12.1. The van der Waals surface area contributed by atoms with Crippen molar-refractivity contribution < 1.29 is 9.53 Å². The van der Waals surface area contributed by atoms with Gasteiger partial charge in [0.2, 0.25) is 11.0 Å². The van der Waals surface area contributed by atoms with Crippen LogP contribution in [0.3, 0.4) is 0 Å². The summed E-state index contributed by atoms with van der Waals surface area (Å²) in [5.74, 6) is 1.53. The van der Waals surface area contributed by atoms with E-state index >= 15 is 0 Å². The van der Waals surface area contributed by atoms with Gasteiger partial charge in [0.15, 0.2) is 11.0 Å². The maximum atomic E-state index is 12.1. The molecular formula is C20H26N6O2S2. The number of nitrogens with one attached hydrogen (secondary N) is 1. The Morgan fingerprint density at radius 2 is 1.90 bits per heavy atom. The first-order valence-corrected chi connectivity index (χ1v) is 11.4. The van der Waals surface area contributed by atoms with Gasteiger partial charge in [-0.2, -0.15) is 0 Å². The van der Waals surface area contributed by atoms with Crippen LogP contribution < -0.4 is 10.1 Å². The van der Waals surface area contributed by atoms with E-state index in [9.17, 15) is 4.79 Å². The summed E-state index contributed by atoms with van der Waals surface area (Å²) in [6, 6.07) is 8.09. The Labute approximate surface area is 184 Å². The van der Waals surface area contributed by atoms with Crippen molar-refractivity contribution in [3.8, 4) is 5.75 Å². The zero-order valence-electron chi connectivity index (χ0n) is 17.8. The molecule has 0 spiro atoms. The van der Waals surface area contributed by atoms with Crippen LogP contribution >= 0.6 is 23.1 Å². The van der Waals surface area contributed by atoms with Gasteiger partial charge < -0.3 is 9.30 Å². The Hall–Kier alpha value is -2.46. The summed E-state index contributed by atoms with van der Waals surface area (Å²) in [7, 11) is 1.86. The Morgan fingerprint density at radius 1 is 1.17 bits per heavy atom. The highest BCUT2D eigenvalue weighted by molar-refractivity contribution is 7.99. The number of ether oxygens (including phenoxy) is 1. The van der Waals surface area contributed by atoms with E-state index in [-0.39, 0.29) is 17.1 Å². The molecule has 0 aliphatic heterocycles. The van der Waals surface area contributed by atoms with Gasteiger partial charge in [0.05, 0.1) is 5.75 Å². The number of carbonyl (C=O) groups excluding carboxylic acids is 1. The third-order valence-electron chi connectivity index (χ3n) is 4.36. The predicted molar refractivity (Wildman–Crippen MR) is 119 cm³/mol. The minimum Gasteiger partial charge on any atom is -0.486 e. The average Bonchev–Trinajstić information content (AvgIpc) is 3.30. The maximum Gasteiger partial charge on any atom is 0.236 e. The van der Waals surface area contributed by atoms with Gasteiger partial charge >= 0.3 is 0 Å². The molecule has 30 heavy (non-hydrogen) atoms. The van der Waals surface area contributed by atoms with Crippen LogP contribution in [0.15, 0.2) is 29.4 Å². The minimum atomic E-state index is -0.154. The first-order chi connectivity index (χ1) is 14.3. The summed E-state index contributed by atoms with van der Waals surface area (Å²) in [5.41, 5.74) is 1.36. The number of amides is 1. The van der Waals surface area contributed by atoms with Crippen LogP contribution in [0.2, 0.25) is 0 Å². The first-order valence-electron chi connectivity index (χ1n) is 9.63. The van der Waals surface area contributed by atoms with Crippen molar-refractivity contribution in [2.45, 2.75) is 51.3 Å². The monoisotopic (exact) mass is 446 g/mol. The first kappa shape index (κ1) is 22.2. The van der Waals surface area contributed by atoms with Gasteiger partial charge in [-0.3, -0.25) is 10.1 Å². The van der Waals surface area contributed by atoms with Crippen LogP contribution in [0, 0.1) is 0 Å². The van der Waals surface area contributed by atoms with Crippen LogP contribution in [0.25, 0.3) is 0 Å². The molecule has 8 nitrogen and oxygen atoms in total. The van der Waals surface area contributed by atoms with Crippen molar-refractivity contribution >= 4 is 34.1 Å². The van der Waals surface area contributed by atoms with Gasteiger partial charge in [0.1, 0.15) is 17.4 Å².